The molecule has 7 heteroatoms. The summed E-state index contributed by atoms with van der Waals surface area (Å²) in [6, 6.07) is 13.3. The van der Waals surface area contributed by atoms with Crippen LogP contribution in [0.25, 0.3) is 10.2 Å². The molecule has 0 aliphatic carbocycles. The average molecular weight is 474 g/mol. The van der Waals surface area contributed by atoms with E-state index in [1.165, 1.54) is 22.2 Å². The largest absolute Gasteiger partial charge is 0.321 e. The normalized spacial score (nSPS) is 11.2. The summed E-state index contributed by atoms with van der Waals surface area (Å²) in [7, 11) is 0. The number of hydrogen-bond acceptors (Lipinski definition) is 5. The number of carbonyl (C=O) groups is 2. The molecular weight excluding hydrogens is 446 g/mol. The second-order valence-corrected chi connectivity index (χ2v) is 9.89. The lowest BCUT2D eigenvalue weighted by molar-refractivity contribution is 0.0969. The molecule has 0 aliphatic heterocycles. The van der Waals surface area contributed by atoms with Crippen molar-refractivity contribution in [3.63, 3.8) is 0 Å². The molecule has 2 aromatic carbocycles. The molecule has 0 fully saturated rings. The van der Waals surface area contributed by atoms with Crippen molar-refractivity contribution in [2.45, 2.75) is 47.1 Å². The van der Waals surface area contributed by atoms with Crippen LogP contribution in [0.2, 0.25) is 0 Å². The lowest BCUT2D eigenvalue weighted by Crippen LogP contribution is -2.24. The third kappa shape index (κ3) is 4.56. The molecule has 174 valence electrons. The van der Waals surface area contributed by atoms with Crippen molar-refractivity contribution in [1.29, 1.82) is 0 Å². The standard InChI is InChI=1S/C27H27N3O3S/c1-15(2)19-7-9-20(10-8-19)22(31)13-30-14-28-26-23(27(30)33)18(5)24(34-26)25(32)29-21-11-6-16(3)12-17(21)4/h6-12,14-15H,13H2,1-5H3,(H,29,32). The highest BCUT2D eigenvalue weighted by Gasteiger charge is 2.21. The number of Topliss-reactive ketones (excluding diaryl/α,β-unsaturated/α-hetero) is 1. The highest BCUT2D eigenvalue weighted by atomic mass is 32.1. The van der Waals surface area contributed by atoms with E-state index >= 15 is 0 Å². The Morgan fingerprint density at radius 1 is 1.06 bits per heavy atom. The Balaban J connectivity index is 1.61. The van der Waals surface area contributed by atoms with Crippen molar-refractivity contribution in [2.24, 2.45) is 0 Å². The van der Waals surface area contributed by atoms with E-state index in [-0.39, 0.29) is 23.8 Å². The maximum atomic E-state index is 13.2. The van der Waals surface area contributed by atoms with Gasteiger partial charge in [-0.2, -0.15) is 0 Å². The van der Waals surface area contributed by atoms with Gasteiger partial charge in [-0.15, -0.1) is 11.3 Å². The number of amides is 1. The molecule has 1 N–H and O–H groups in total. The molecule has 6 nitrogen and oxygen atoms in total. The van der Waals surface area contributed by atoms with Crippen LogP contribution in [0.3, 0.4) is 0 Å². The zero-order valence-corrected chi connectivity index (χ0v) is 20.7. The lowest BCUT2D eigenvalue weighted by Gasteiger charge is -2.09. The fourth-order valence-electron chi connectivity index (χ4n) is 3.92. The maximum Gasteiger partial charge on any atom is 0.266 e. The average Bonchev–Trinajstić information content (AvgIpc) is 3.14. The van der Waals surface area contributed by atoms with E-state index in [0.29, 0.717) is 32.1 Å². The van der Waals surface area contributed by atoms with Gasteiger partial charge in [0.2, 0.25) is 0 Å². The topological polar surface area (TPSA) is 81.1 Å². The Labute approximate surface area is 202 Å². The summed E-state index contributed by atoms with van der Waals surface area (Å²) in [4.78, 5) is 44.3. The molecule has 0 aliphatic rings. The van der Waals surface area contributed by atoms with Crippen LogP contribution in [-0.2, 0) is 6.54 Å². The first kappa shape index (κ1) is 23.6. The van der Waals surface area contributed by atoms with E-state index in [9.17, 15) is 14.4 Å². The van der Waals surface area contributed by atoms with Crippen molar-refractivity contribution in [1.82, 2.24) is 9.55 Å². The second-order valence-electron chi connectivity index (χ2n) is 8.89. The monoisotopic (exact) mass is 473 g/mol. The van der Waals surface area contributed by atoms with Crippen molar-refractivity contribution >= 4 is 38.9 Å². The Morgan fingerprint density at radius 3 is 2.41 bits per heavy atom. The van der Waals surface area contributed by atoms with Gasteiger partial charge in [-0.25, -0.2) is 4.98 Å². The van der Waals surface area contributed by atoms with Gasteiger partial charge in [0.05, 0.1) is 23.1 Å². The quantitative estimate of drug-likeness (QED) is 0.367. The summed E-state index contributed by atoms with van der Waals surface area (Å²) in [5.41, 5.74) is 4.76. The van der Waals surface area contributed by atoms with Crippen LogP contribution in [0.15, 0.2) is 53.6 Å². The fraction of sp³-hybridized carbons (Fsp3) is 0.259. The SMILES string of the molecule is Cc1ccc(NC(=O)c2sc3ncn(CC(=O)c4ccc(C(C)C)cc4)c(=O)c3c2C)c(C)c1. The molecule has 0 unspecified atom stereocenters. The van der Waals surface area contributed by atoms with Crippen LogP contribution in [-0.4, -0.2) is 21.2 Å². The van der Waals surface area contributed by atoms with Gasteiger partial charge in [-0.3, -0.25) is 19.0 Å². The van der Waals surface area contributed by atoms with Gasteiger partial charge < -0.3 is 5.32 Å². The van der Waals surface area contributed by atoms with Gasteiger partial charge in [0, 0.05) is 11.3 Å². The molecule has 0 atom stereocenters. The minimum Gasteiger partial charge on any atom is -0.321 e. The number of rotatable bonds is 6. The predicted octanol–water partition coefficient (Wildman–Crippen LogP) is 5.64. The number of aryl methyl sites for hydroxylation is 3. The van der Waals surface area contributed by atoms with E-state index in [1.54, 1.807) is 19.1 Å². The minimum absolute atomic E-state index is 0.109. The van der Waals surface area contributed by atoms with Crippen LogP contribution in [0.4, 0.5) is 5.69 Å². The van der Waals surface area contributed by atoms with Crippen molar-refractivity contribution in [2.75, 3.05) is 5.32 Å². The van der Waals surface area contributed by atoms with Gasteiger partial charge >= 0.3 is 0 Å². The number of nitrogens with one attached hydrogen (secondary N) is 1. The zero-order valence-electron chi connectivity index (χ0n) is 19.9. The highest BCUT2D eigenvalue weighted by molar-refractivity contribution is 7.20. The molecule has 2 aromatic heterocycles. The van der Waals surface area contributed by atoms with E-state index in [1.807, 2.05) is 44.2 Å². The Hall–Kier alpha value is -3.58. The number of thiophene rings is 1. The van der Waals surface area contributed by atoms with Gasteiger partial charge in [0.15, 0.2) is 5.78 Å². The van der Waals surface area contributed by atoms with Crippen molar-refractivity contribution < 1.29 is 9.59 Å². The summed E-state index contributed by atoms with van der Waals surface area (Å²) in [6.45, 7) is 9.76. The summed E-state index contributed by atoms with van der Waals surface area (Å²) in [6.07, 6.45) is 1.38. The third-order valence-electron chi connectivity index (χ3n) is 5.97. The molecule has 4 aromatic rings. The fourth-order valence-corrected chi connectivity index (χ4v) is 4.96. The predicted molar refractivity (Wildman–Crippen MR) is 137 cm³/mol. The van der Waals surface area contributed by atoms with Crippen LogP contribution >= 0.6 is 11.3 Å². The van der Waals surface area contributed by atoms with Crippen molar-refractivity contribution in [3.8, 4) is 0 Å². The summed E-state index contributed by atoms with van der Waals surface area (Å²) >= 11 is 1.18. The molecule has 0 saturated heterocycles. The molecule has 4 rings (SSSR count). The Morgan fingerprint density at radius 2 is 1.76 bits per heavy atom. The first-order chi connectivity index (χ1) is 16.2. The minimum atomic E-state index is -0.323. The van der Waals surface area contributed by atoms with E-state index < -0.39 is 0 Å². The van der Waals surface area contributed by atoms with Gasteiger partial charge in [-0.1, -0.05) is 55.8 Å². The smallest absolute Gasteiger partial charge is 0.266 e. The molecule has 0 radical (unpaired) electrons. The first-order valence-electron chi connectivity index (χ1n) is 11.2. The number of ketones is 1. The number of hydrogen-bond donors (Lipinski definition) is 1. The van der Waals surface area contributed by atoms with Gasteiger partial charge in [0.25, 0.3) is 11.5 Å². The molecule has 1 amide bonds. The molecule has 2 heterocycles. The van der Waals surface area contributed by atoms with Crippen LogP contribution < -0.4 is 10.9 Å². The molecule has 0 saturated carbocycles. The van der Waals surface area contributed by atoms with Crippen molar-refractivity contribution in [3.05, 3.63) is 91.8 Å². The number of carbonyl (C=O) groups excluding carboxylic acids is 2. The first-order valence-corrected chi connectivity index (χ1v) is 12.0. The van der Waals surface area contributed by atoms with Gasteiger partial charge in [-0.05, 0) is 49.4 Å². The summed E-state index contributed by atoms with van der Waals surface area (Å²) < 4.78 is 1.31. The highest BCUT2D eigenvalue weighted by Crippen LogP contribution is 2.28. The summed E-state index contributed by atoms with van der Waals surface area (Å²) in [5.74, 6) is -0.0692. The summed E-state index contributed by atoms with van der Waals surface area (Å²) in [5, 5.41) is 3.31. The van der Waals surface area contributed by atoms with E-state index in [2.05, 4.69) is 24.1 Å². The maximum absolute atomic E-state index is 13.2. The van der Waals surface area contributed by atoms with E-state index in [4.69, 9.17) is 0 Å². The molecule has 0 bridgehead atoms. The van der Waals surface area contributed by atoms with Crippen LogP contribution in [0.1, 0.15) is 62.0 Å². The van der Waals surface area contributed by atoms with E-state index in [0.717, 1.165) is 22.4 Å². The molecular formula is C27H27N3O3S. The van der Waals surface area contributed by atoms with Crippen LogP contribution in [0.5, 0.6) is 0 Å². The second kappa shape index (κ2) is 9.35. The number of nitrogens with zero attached hydrogens (tertiary/aromatic N) is 2. The number of fused-ring (bicyclic) bond motifs is 1. The van der Waals surface area contributed by atoms with Crippen LogP contribution in [0, 0.1) is 20.8 Å². The molecule has 34 heavy (non-hydrogen) atoms. The molecule has 0 spiro atoms. The third-order valence-corrected chi connectivity index (χ3v) is 7.17. The lowest BCUT2D eigenvalue weighted by atomic mass is 10.0. The Bertz CT molecular complexity index is 1460. The number of anilines is 1. The number of benzene rings is 2. The zero-order chi connectivity index (χ0) is 24.6. The van der Waals surface area contributed by atoms with Gasteiger partial charge in [0.1, 0.15) is 4.83 Å². The Kier molecular flexibility index (Phi) is 6.48. The number of aromatic nitrogens is 2.